The third-order valence-corrected chi connectivity index (χ3v) is 5.98. The second-order valence-corrected chi connectivity index (χ2v) is 8.35. The molecule has 2 amide bonds. The number of alkyl halides is 3. The number of ether oxygens (including phenoxy) is 1. The third-order valence-electron chi connectivity index (χ3n) is 5.72. The minimum atomic E-state index is -4.51. The Labute approximate surface area is 158 Å². The number of hydrogen-bond acceptors (Lipinski definition) is 3. The lowest BCUT2D eigenvalue weighted by Gasteiger charge is -2.70. The van der Waals surface area contributed by atoms with Crippen LogP contribution in [-0.4, -0.2) is 35.7 Å². The summed E-state index contributed by atoms with van der Waals surface area (Å²) in [6.07, 6.45) is -3.46. The quantitative estimate of drug-likeness (QED) is 0.768. The monoisotopic (exact) mass is 402 g/mol. The van der Waals surface area contributed by atoms with E-state index in [4.69, 9.17) is 16.3 Å². The summed E-state index contributed by atoms with van der Waals surface area (Å²) in [6, 6.07) is 6.59. The molecule has 1 aromatic rings. The molecule has 5 nitrogen and oxygen atoms in total. The fourth-order valence-corrected chi connectivity index (χ4v) is 4.32. The maximum Gasteiger partial charge on any atom is 0.403 e. The zero-order valence-electron chi connectivity index (χ0n) is 14.3. The molecule has 0 radical (unpaired) electrons. The molecule has 2 bridgehead atoms. The molecule has 146 valence electrons. The Morgan fingerprint density at radius 1 is 1.04 bits per heavy atom. The molecule has 2 N–H and O–H groups in total. The standard InChI is InChI=1S/C18H18ClF3N2O3/c19-11-1-3-12(4-2-11)27-7-13(25)23-15-8-16(9-15,10-15)24-14(26)17(5-6-17)18(20,21)22/h1-4H,5-10H2,(H,23,25)(H,24,26). The van der Waals surface area contributed by atoms with Crippen LogP contribution < -0.4 is 15.4 Å². The maximum absolute atomic E-state index is 13.0. The molecule has 4 aliphatic rings. The largest absolute Gasteiger partial charge is 0.484 e. The second kappa shape index (κ2) is 5.77. The van der Waals surface area contributed by atoms with Gasteiger partial charge in [-0.05, 0) is 56.4 Å². The van der Waals surface area contributed by atoms with Gasteiger partial charge in [-0.2, -0.15) is 13.2 Å². The molecular weight excluding hydrogens is 385 g/mol. The molecule has 4 fully saturated rings. The SMILES string of the molecule is O=C(COc1ccc(Cl)cc1)NC12CC(NC(=O)C3(C(F)(F)F)CC3)(C1)C2. The fraction of sp³-hybridized carbons (Fsp3) is 0.556. The summed E-state index contributed by atoms with van der Waals surface area (Å²) in [5.74, 6) is -0.725. The first-order valence-electron chi connectivity index (χ1n) is 8.66. The van der Waals surface area contributed by atoms with E-state index in [9.17, 15) is 22.8 Å². The molecule has 0 aliphatic heterocycles. The lowest BCUT2D eigenvalue weighted by molar-refractivity contribution is -0.198. The van der Waals surface area contributed by atoms with E-state index in [1.807, 2.05) is 0 Å². The average Bonchev–Trinajstić information content (AvgIpc) is 3.32. The van der Waals surface area contributed by atoms with Gasteiger partial charge < -0.3 is 15.4 Å². The summed E-state index contributed by atoms with van der Waals surface area (Å²) in [5.41, 5.74) is -3.25. The van der Waals surface area contributed by atoms with Crippen LogP contribution >= 0.6 is 11.6 Å². The number of halogens is 4. The van der Waals surface area contributed by atoms with Crippen LogP contribution in [0, 0.1) is 5.41 Å². The second-order valence-electron chi connectivity index (χ2n) is 7.92. The van der Waals surface area contributed by atoms with Crippen LogP contribution in [0.5, 0.6) is 5.75 Å². The summed E-state index contributed by atoms with van der Waals surface area (Å²) in [5, 5.41) is 6.00. The molecule has 0 saturated heterocycles. The Kier molecular flexibility index (Phi) is 3.93. The highest BCUT2D eigenvalue weighted by molar-refractivity contribution is 6.30. The van der Waals surface area contributed by atoms with Crippen molar-refractivity contribution in [3.05, 3.63) is 29.3 Å². The van der Waals surface area contributed by atoms with Crippen LogP contribution in [-0.2, 0) is 9.59 Å². The van der Waals surface area contributed by atoms with E-state index in [1.165, 1.54) is 0 Å². The number of rotatable bonds is 6. The Bertz CT molecular complexity index is 770. The van der Waals surface area contributed by atoms with Gasteiger partial charge in [0.05, 0.1) is 0 Å². The molecule has 0 unspecified atom stereocenters. The normalized spacial score (nSPS) is 29.8. The number of nitrogens with one attached hydrogen (secondary N) is 2. The van der Waals surface area contributed by atoms with Crippen molar-refractivity contribution in [3.8, 4) is 5.75 Å². The van der Waals surface area contributed by atoms with Gasteiger partial charge in [0.25, 0.3) is 5.91 Å². The van der Waals surface area contributed by atoms with Gasteiger partial charge in [0.1, 0.15) is 11.2 Å². The summed E-state index contributed by atoms with van der Waals surface area (Å²) in [4.78, 5) is 24.1. The van der Waals surface area contributed by atoms with Gasteiger partial charge in [0, 0.05) is 16.1 Å². The van der Waals surface area contributed by atoms with Gasteiger partial charge in [-0.25, -0.2) is 0 Å². The highest BCUT2D eigenvalue weighted by Gasteiger charge is 2.73. The molecule has 0 spiro atoms. The number of carbonyl (C=O) groups excluding carboxylic acids is 2. The van der Waals surface area contributed by atoms with Crippen molar-refractivity contribution in [2.75, 3.05) is 6.61 Å². The van der Waals surface area contributed by atoms with Gasteiger partial charge in [0.15, 0.2) is 6.61 Å². The lowest BCUT2D eigenvalue weighted by atomic mass is 9.44. The van der Waals surface area contributed by atoms with Crippen LogP contribution in [0.1, 0.15) is 32.1 Å². The number of amides is 2. The van der Waals surface area contributed by atoms with Crippen LogP contribution in [0.25, 0.3) is 0 Å². The van der Waals surface area contributed by atoms with Crippen molar-refractivity contribution >= 4 is 23.4 Å². The topological polar surface area (TPSA) is 67.4 Å². The number of carbonyl (C=O) groups is 2. The van der Waals surface area contributed by atoms with E-state index in [0.717, 1.165) is 0 Å². The zero-order chi connectivity index (χ0) is 19.5. The van der Waals surface area contributed by atoms with Gasteiger partial charge >= 0.3 is 6.18 Å². The van der Waals surface area contributed by atoms with Crippen LogP contribution in [0.4, 0.5) is 13.2 Å². The minimum Gasteiger partial charge on any atom is -0.484 e. The van der Waals surface area contributed by atoms with Gasteiger partial charge in [-0.1, -0.05) is 11.6 Å². The van der Waals surface area contributed by atoms with Crippen molar-refractivity contribution in [3.63, 3.8) is 0 Å². The maximum atomic E-state index is 13.0. The first kappa shape index (κ1) is 18.4. The van der Waals surface area contributed by atoms with E-state index in [0.29, 0.717) is 30.0 Å². The minimum absolute atomic E-state index is 0.150. The average molecular weight is 403 g/mol. The van der Waals surface area contributed by atoms with E-state index < -0.39 is 28.6 Å². The molecule has 4 aliphatic carbocycles. The lowest BCUT2D eigenvalue weighted by Crippen LogP contribution is -2.84. The predicted octanol–water partition coefficient (Wildman–Crippen LogP) is 2.97. The highest BCUT2D eigenvalue weighted by Crippen LogP contribution is 2.63. The van der Waals surface area contributed by atoms with Gasteiger partial charge in [0.2, 0.25) is 5.91 Å². The number of hydrogen-bond donors (Lipinski definition) is 2. The van der Waals surface area contributed by atoms with Crippen molar-refractivity contribution in [2.24, 2.45) is 5.41 Å². The Hall–Kier alpha value is -1.96. The molecule has 0 atom stereocenters. The zero-order valence-corrected chi connectivity index (χ0v) is 15.0. The first-order valence-corrected chi connectivity index (χ1v) is 9.04. The van der Waals surface area contributed by atoms with Gasteiger partial charge in [-0.15, -0.1) is 0 Å². The van der Waals surface area contributed by atoms with Crippen molar-refractivity contribution in [2.45, 2.75) is 49.4 Å². The highest BCUT2D eigenvalue weighted by atomic mass is 35.5. The van der Waals surface area contributed by atoms with E-state index >= 15 is 0 Å². The van der Waals surface area contributed by atoms with E-state index in [-0.39, 0.29) is 25.4 Å². The molecule has 9 heteroatoms. The molecule has 0 heterocycles. The van der Waals surface area contributed by atoms with Crippen LogP contribution in [0.15, 0.2) is 24.3 Å². The van der Waals surface area contributed by atoms with Crippen molar-refractivity contribution < 1.29 is 27.5 Å². The molecule has 1 aromatic carbocycles. The summed E-state index contributed by atoms with van der Waals surface area (Å²) >= 11 is 5.77. The Balaban J connectivity index is 1.23. The summed E-state index contributed by atoms with van der Waals surface area (Å²) < 4.78 is 44.4. The summed E-state index contributed by atoms with van der Waals surface area (Å²) in [6.45, 7) is -0.167. The molecule has 5 rings (SSSR count). The first-order chi connectivity index (χ1) is 12.6. The molecule has 0 aromatic heterocycles. The fourth-order valence-electron chi connectivity index (χ4n) is 4.19. The number of benzene rings is 1. The molecule has 27 heavy (non-hydrogen) atoms. The predicted molar refractivity (Wildman–Crippen MR) is 90.3 cm³/mol. The van der Waals surface area contributed by atoms with Crippen molar-refractivity contribution in [1.82, 2.24) is 10.6 Å². The van der Waals surface area contributed by atoms with E-state index in [2.05, 4.69) is 10.6 Å². The molecular formula is C18H18ClF3N2O3. The Morgan fingerprint density at radius 2 is 1.59 bits per heavy atom. The van der Waals surface area contributed by atoms with Crippen LogP contribution in [0.3, 0.4) is 0 Å². The van der Waals surface area contributed by atoms with Crippen molar-refractivity contribution in [1.29, 1.82) is 0 Å². The third kappa shape index (κ3) is 3.13. The van der Waals surface area contributed by atoms with E-state index in [1.54, 1.807) is 24.3 Å². The van der Waals surface area contributed by atoms with Crippen LogP contribution in [0.2, 0.25) is 5.02 Å². The van der Waals surface area contributed by atoms with Gasteiger partial charge in [-0.3, -0.25) is 9.59 Å². The summed E-state index contributed by atoms with van der Waals surface area (Å²) in [7, 11) is 0. The molecule has 4 saturated carbocycles. The smallest absolute Gasteiger partial charge is 0.403 e. The Morgan fingerprint density at radius 3 is 2.11 bits per heavy atom.